The molecule has 0 aliphatic carbocycles. The molecule has 0 spiro atoms. The smallest absolute Gasteiger partial charge is 0.185 e. The summed E-state index contributed by atoms with van der Waals surface area (Å²) in [6.07, 6.45) is 3.28. The zero-order valence-electron chi connectivity index (χ0n) is 10.5. The zero-order chi connectivity index (χ0) is 13.7. The van der Waals surface area contributed by atoms with Crippen molar-refractivity contribution in [1.29, 1.82) is 0 Å². The van der Waals surface area contributed by atoms with Gasteiger partial charge in [-0.2, -0.15) is 0 Å². The molecule has 2 nitrogen and oxygen atoms in total. The first kappa shape index (κ1) is 13.4. The standard InChI is InChI=1S/C16H13ClO2/c1-19-15-8-6-13(7-9-15)16(18)10-5-12-3-2-4-14(17)11-12/h2-11H,1H3/b10-5-. The van der Waals surface area contributed by atoms with Gasteiger partial charge in [0.25, 0.3) is 0 Å². The van der Waals surface area contributed by atoms with Gasteiger partial charge in [0.05, 0.1) is 7.11 Å². The number of ether oxygens (including phenoxy) is 1. The molecule has 0 aliphatic heterocycles. The fraction of sp³-hybridized carbons (Fsp3) is 0.0625. The second kappa shape index (κ2) is 6.21. The third kappa shape index (κ3) is 3.70. The Balaban J connectivity index is 2.11. The summed E-state index contributed by atoms with van der Waals surface area (Å²) < 4.78 is 5.05. The van der Waals surface area contributed by atoms with Crippen LogP contribution in [0.1, 0.15) is 15.9 Å². The summed E-state index contributed by atoms with van der Waals surface area (Å²) in [6.45, 7) is 0. The van der Waals surface area contributed by atoms with Gasteiger partial charge >= 0.3 is 0 Å². The molecule has 0 unspecified atom stereocenters. The molecule has 0 amide bonds. The number of hydrogen-bond acceptors (Lipinski definition) is 2. The van der Waals surface area contributed by atoms with E-state index in [0.717, 1.165) is 11.3 Å². The summed E-state index contributed by atoms with van der Waals surface area (Å²) in [5.41, 5.74) is 1.52. The van der Waals surface area contributed by atoms with Gasteiger partial charge in [-0.3, -0.25) is 4.79 Å². The molecule has 0 saturated heterocycles. The van der Waals surface area contributed by atoms with E-state index in [2.05, 4.69) is 0 Å². The van der Waals surface area contributed by atoms with E-state index in [-0.39, 0.29) is 5.78 Å². The maximum Gasteiger partial charge on any atom is 0.185 e. The lowest BCUT2D eigenvalue weighted by molar-refractivity contribution is 0.104. The Morgan fingerprint density at radius 2 is 1.89 bits per heavy atom. The predicted molar refractivity (Wildman–Crippen MR) is 77.8 cm³/mol. The van der Waals surface area contributed by atoms with E-state index < -0.39 is 0 Å². The first-order chi connectivity index (χ1) is 9.19. The molecule has 0 N–H and O–H groups in total. The van der Waals surface area contributed by atoms with Crippen LogP contribution in [-0.2, 0) is 0 Å². The fourth-order valence-electron chi connectivity index (χ4n) is 1.63. The third-order valence-electron chi connectivity index (χ3n) is 2.65. The Morgan fingerprint density at radius 3 is 2.53 bits per heavy atom. The quantitative estimate of drug-likeness (QED) is 0.614. The molecule has 2 aromatic rings. The molecular formula is C16H13ClO2. The minimum atomic E-state index is -0.0531. The minimum Gasteiger partial charge on any atom is -0.497 e. The van der Waals surface area contributed by atoms with E-state index in [1.54, 1.807) is 49.6 Å². The number of hydrogen-bond donors (Lipinski definition) is 0. The van der Waals surface area contributed by atoms with Gasteiger partial charge in [-0.05, 0) is 48.0 Å². The lowest BCUT2D eigenvalue weighted by Crippen LogP contribution is -1.94. The number of halogens is 1. The van der Waals surface area contributed by atoms with Crippen molar-refractivity contribution in [3.8, 4) is 5.75 Å². The maximum atomic E-state index is 11.9. The number of carbonyl (C=O) groups excluding carboxylic acids is 1. The normalized spacial score (nSPS) is 10.6. The maximum absolute atomic E-state index is 11.9. The summed E-state index contributed by atoms with van der Waals surface area (Å²) in [5.74, 6) is 0.679. The fourth-order valence-corrected chi connectivity index (χ4v) is 1.83. The molecule has 0 atom stereocenters. The molecule has 2 rings (SSSR count). The lowest BCUT2D eigenvalue weighted by Gasteiger charge is -2.00. The van der Waals surface area contributed by atoms with Crippen LogP contribution in [0.5, 0.6) is 5.75 Å². The van der Waals surface area contributed by atoms with Crippen LogP contribution in [0.3, 0.4) is 0 Å². The van der Waals surface area contributed by atoms with E-state index in [0.29, 0.717) is 10.6 Å². The van der Waals surface area contributed by atoms with Gasteiger partial charge in [0, 0.05) is 10.6 Å². The molecule has 0 aromatic heterocycles. The van der Waals surface area contributed by atoms with Crippen LogP contribution in [0.2, 0.25) is 5.02 Å². The van der Waals surface area contributed by atoms with Crippen molar-refractivity contribution in [3.05, 3.63) is 70.8 Å². The SMILES string of the molecule is COc1ccc(C(=O)/C=C\c2cccc(Cl)c2)cc1. The predicted octanol–water partition coefficient (Wildman–Crippen LogP) is 4.24. The average molecular weight is 273 g/mol. The third-order valence-corrected chi connectivity index (χ3v) is 2.89. The topological polar surface area (TPSA) is 26.3 Å². The summed E-state index contributed by atoms with van der Waals surface area (Å²) >= 11 is 5.88. The number of benzene rings is 2. The van der Waals surface area contributed by atoms with Gasteiger partial charge in [-0.25, -0.2) is 0 Å². The lowest BCUT2D eigenvalue weighted by atomic mass is 10.1. The highest BCUT2D eigenvalue weighted by Gasteiger charge is 2.01. The average Bonchev–Trinajstić information content (AvgIpc) is 2.45. The van der Waals surface area contributed by atoms with Crippen LogP contribution < -0.4 is 4.74 Å². The molecule has 0 heterocycles. The van der Waals surface area contributed by atoms with Crippen molar-refractivity contribution in [2.75, 3.05) is 7.11 Å². The van der Waals surface area contributed by atoms with Crippen LogP contribution in [0, 0.1) is 0 Å². The number of allylic oxidation sites excluding steroid dienone is 1. The first-order valence-corrected chi connectivity index (χ1v) is 6.19. The monoisotopic (exact) mass is 272 g/mol. The summed E-state index contributed by atoms with van der Waals surface area (Å²) in [4.78, 5) is 11.9. The van der Waals surface area contributed by atoms with Crippen LogP contribution >= 0.6 is 11.6 Å². The second-order valence-electron chi connectivity index (χ2n) is 3.98. The van der Waals surface area contributed by atoms with E-state index in [1.807, 2.05) is 12.1 Å². The molecule has 0 fully saturated rings. The molecule has 2 aromatic carbocycles. The van der Waals surface area contributed by atoms with Gasteiger partial charge in [0.15, 0.2) is 5.78 Å². The molecule has 19 heavy (non-hydrogen) atoms. The second-order valence-corrected chi connectivity index (χ2v) is 4.42. The zero-order valence-corrected chi connectivity index (χ0v) is 11.2. The van der Waals surface area contributed by atoms with Gasteiger partial charge < -0.3 is 4.74 Å². The molecule has 3 heteroatoms. The highest BCUT2D eigenvalue weighted by atomic mass is 35.5. The van der Waals surface area contributed by atoms with Crippen LogP contribution in [0.25, 0.3) is 6.08 Å². The Labute approximate surface area is 117 Å². The number of carbonyl (C=O) groups is 1. The van der Waals surface area contributed by atoms with E-state index in [4.69, 9.17) is 16.3 Å². The van der Waals surface area contributed by atoms with Gasteiger partial charge in [0.2, 0.25) is 0 Å². The number of rotatable bonds is 4. The summed E-state index contributed by atoms with van der Waals surface area (Å²) in [5, 5.41) is 0.652. The van der Waals surface area contributed by atoms with Crippen molar-refractivity contribution >= 4 is 23.5 Å². The van der Waals surface area contributed by atoms with E-state index >= 15 is 0 Å². The number of methoxy groups -OCH3 is 1. The van der Waals surface area contributed by atoms with Crippen molar-refractivity contribution in [1.82, 2.24) is 0 Å². The summed E-state index contributed by atoms with van der Waals surface area (Å²) in [6, 6.07) is 14.3. The largest absolute Gasteiger partial charge is 0.497 e. The Kier molecular flexibility index (Phi) is 4.37. The van der Waals surface area contributed by atoms with Gasteiger partial charge in [-0.15, -0.1) is 0 Å². The molecule has 96 valence electrons. The molecule has 0 bridgehead atoms. The Hall–Kier alpha value is -2.06. The Bertz CT molecular complexity index is 600. The van der Waals surface area contributed by atoms with Crippen LogP contribution in [-0.4, -0.2) is 12.9 Å². The van der Waals surface area contributed by atoms with Crippen molar-refractivity contribution < 1.29 is 9.53 Å². The van der Waals surface area contributed by atoms with E-state index in [1.165, 1.54) is 6.08 Å². The van der Waals surface area contributed by atoms with Crippen molar-refractivity contribution in [2.24, 2.45) is 0 Å². The highest BCUT2D eigenvalue weighted by Crippen LogP contribution is 2.14. The van der Waals surface area contributed by atoms with E-state index in [9.17, 15) is 4.79 Å². The van der Waals surface area contributed by atoms with Crippen LogP contribution in [0.4, 0.5) is 0 Å². The highest BCUT2D eigenvalue weighted by molar-refractivity contribution is 6.30. The molecular weight excluding hydrogens is 260 g/mol. The van der Waals surface area contributed by atoms with Crippen molar-refractivity contribution in [2.45, 2.75) is 0 Å². The molecule has 0 saturated carbocycles. The summed E-state index contributed by atoms with van der Waals surface area (Å²) in [7, 11) is 1.59. The molecule has 0 radical (unpaired) electrons. The Morgan fingerprint density at radius 1 is 1.16 bits per heavy atom. The molecule has 0 aliphatic rings. The minimum absolute atomic E-state index is 0.0531. The van der Waals surface area contributed by atoms with Gasteiger partial charge in [-0.1, -0.05) is 29.8 Å². The number of ketones is 1. The van der Waals surface area contributed by atoms with Crippen LogP contribution in [0.15, 0.2) is 54.6 Å². The first-order valence-electron chi connectivity index (χ1n) is 5.81. The van der Waals surface area contributed by atoms with Gasteiger partial charge in [0.1, 0.15) is 5.75 Å². The van der Waals surface area contributed by atoms with Crippen molar-refractivity contribution in [3.63, 3.8) is 0 Å².